The summed E-state index contributed by atoms with van der Waals surface area (Å²) in [7, 11) is 0. The molecular formula is C16H18. The lowest BCUT2D eigenvalue weighted by atomic mass is 9.79. The molecule has 3 rings (SSSR count). The van der Waals surface area contributed by atoms with Gasteiger partial charge in [0.2, 0.25) is 0 Å². The van der Waals surface area contributed by atoms with Crippen molar-refractivity contribution in [2.24, 2.45) is 0 Å². The van der Waals surface area contributed by atoms with Crippen LogP contribution in [0.15, 0.2) is 48.5 Å². The molecule has 0 fully saturated rings. The van der Waals surface area contributed by atoms with Gasteiger partial charge in [-0.15, -0.1) is 0 Å². The molecule has 1 aliphatic rings. The van der Waals surface area contributed by atoms with Crippen LogP contribution in [0, 0.1) is 0 Å². The minimum absolute atomic E-state index is 0. The van der Waals surface area contributed by atoms with Gasteiger partial charge in [0.05, 0.1) is 0 Å². The van der Waals surface area contributed by atoms with Gasteiger partial charge in [0.15, 0.2) is 0 Å². The van der Waals surface area contributed by atoms with E-state index in [0.29, 0.717) is 5.92 Å². The van der Waals surface area contributed by atoms with E-state index in [-0.39, 0.29) is 7.43 Å². The van der Waals surface area contributed by atoms with Gasteiger partial charge in [-0.05, 0) is 28.7 Å². The predicted octanol–water partition coefficient (Wildman–Crippen LogP) is 4.38. The molecule has 0 radical (unpaired) electrons. The van der Waals surface area contributed by atoms with Crippen molar-refractivity contribution in [3.63, 3.8) is 0 Å². The van der Waals surface area contributed by atoms with Gasteiger partial charge in [-0.2, -0.15) is 0 Å². The van der Waals surface area contributed by atoms with Crippen molar-refractivity contribution >= 4 is 0 Å². The van der Waals surface area contributed by atoms with Crippen LogP contribution in [0.1, 0.15) is 42.5 Å². The summed E-state index contributed by atoms with van der Waals surface area (Å²) in [6, 6.07) is 17.6. The fraction of sp³-hybridized carbons (Fsp3) is 0.250. The highest BCUT2D eigenvalue weighted by Crippen LogP contribution is 2.35. The minimum Gasteiger partial charge on any atom is -0.0776 e. The van der Waals surface area contributed by atoms with Crippen LogP contribution in [0.5, 0.6) is 0 Å². The molecule has 0 spiro atoms. The summed E-state index contributed by atoms with van der Waals surface area (Å²) in [4.78, 5) is 0. The summed E-state index contributed by atoms with van der Waals surface area (Å²) in [6.07, 6.45) is 1.09. The van der Waals surface area contributed by atoms with Crippen LogP contribution in [-0.2, 0) is 6.42 Å². The van der Waals surface area contributed by atoms with Crippen molar-refractivity contribution in [1.82, 2.24) is 0 Å². The van der Waals surface area contributed by atoms with Crippen LogP contribution in [0.4, 0.5) is 0 Å². The topological polar surface area (TPSA) is 0 Å². The Morgan fingerprint density at radius 2 is 1.25 bits per heavy atom. The van der Waals surface area contributed by atoms with Gasteiger partial charge >= 0.3 is 0 Å². The number of rotatable bonds is 0. The van der Waals surface area contributed by atoms with E-state index in [1.54, 1.807) is 0 Å². The molecular weight excluding hydrogens is 192 g/mol. The Morgan fingerprint density at radius 1 is 0.812 bits per heavy atom. The molecule has 0 atom stereocenters. The van der Waals surface area contributed by atoms with E-state index in [1.807, 2.05) is 0 Å². The Labute approximate surface area is 97.9 Å². The molecule has 0 heterocycles. The Balaban J connectivity index is 0.000000963. The van der Waals surface area contributed by atoms with Gasteiger partial charge in [-0.25, -0.2) is 0 Å². The van der Waals surface area contributed by atoms with Gasteiger partial charge in [0, 0.05) is 5.92 Å². The summed E-state index contributed by atoms with van der Waals surface area (Å²) < 4.78 is 0. The molecule has 0 saturated heterocycles. The van der Waals surface area contributed by atoms with Crippen molar-refractivity contribution in [1.29, 1.82) is 0 Å². The smallest absolute Gasteiger partial charge is 0.00666 e. The van der Waals surface area contributed by atoms with Crippen LogP contribution in [-0.4, -0.2) is 0 Å². The van der Waals surface area contributed by atoms with Crippen molar-refractivity contribution < 1.29 is 0 Å². The second-order valence-electron chi connectivity index (χ2n) is 4.30. The lowest BCUT2D eigenvalue weighted by Gasteiger charge is -2.25. The van der Waals surface area contributed by atoms with Gasteiger partial charge in [0.25, 0.3) is 0 Å². The second kappa shape index (κ2) is 4.13. The van der Waals surface area contributed by atoms with E-state index in [9.17, 15) is 0 Å². The lowest BCUT2D eigenvalue weighted by molar-refractivity contribution is 0.845. The van der Waals surface area contributed by atoms with Gasteiger partial charge in [-0.1, -0.05) is 62.9 Å². The Bertz CT molecular complexity index is 451. The average molecular weight is 210 g/mol. The van der Waals surface area contributed by atoms with Gasteiger partial charge in [-0.3, -0.25) is 0 Å². The minimum atomic E-state index is 0. The molecule has 16 heavy (non-hydrogen) atoms. The van der Waals surface area contributed by atoms with Gasteiger partial charge < -0.3 is 0 Å². The molecule has 2 aromatic carbocycles. The number of hydrogen-bond donors (Lipinski definition) is 0. The van der Waals surface area contributed by atoms with Gasteiger partial charge in [0.1, 0.15) is 0 Å². The molecule has 0 saturated carbocycles. The zero-order valence-electron chi connectivity index (χ0n) is 8.90. The molecule has 1 aliphatic carbocycles. The first-order valence-corrected chi connectivity index (χ1v) is 5.52. The summed E-state index contributed by atoms with van der Waals surface area (Å²) >= 11 is 0. The maximum absolute atomic E-state index is 2.30. The average Bonchev–Trinajstić information content (AvgIpc) is 2.30. The van der Waals surface area contributed by atoms with E-state index in [4.69, 9.17) is 0 Å². The van der Waals surface area contributed by atoms with Crippen LogP contribution >= 0.6 is 0 Å². The standard InChI is InChI=1S/C15H14.CH4/c1-11-14-8-4-2-6-12(14)10-13-7-3-5-9-15(11)13;/h2-9,11H,10H2,1H3;1H4. The third-order valence-corrected chi connectivity index (χ3v) is 3.42. The molecule has 0 aliphatic heterocycles. The van der Waals surface area contributed by atoms with Crippen LogP contribution in [0.2, 0.25) is 0 Å². The van der Waals surface area contributed by atoms with E-state index in [0.717, 1.165) is 6.42 Å². The number of hydrogen-bond acceptors (Lipinski definition) is 0. The van der Waals surface area contributed by atoms with E-state index in [1.165, 1.54) is 22.3 Å². The number of benzene rings is 2. The lowest BCUT2D eigenvalue weighted by Crippen LogP contribution is -2.10. The molecule has 0 unspecified atom stereocenters. The highest BCUT2D eigenvalue weighted by molar-refractivity contribution is 5.48. The summed E-state index contributed by atoms with van der Waals surface area (Å²) in [5.74, 6) is 0.547. The fourth-order valence-electron chi connectivity index (χ4n) is 2.61. The van der Waals surface area contributed by atoms with E-state index < -0.39 is 0 Å². The predicted molar refractivity (Wildman–Crippen MR) is 69.9 cm³/mol. The van der Waals surface area contributed by atoms with Crippen molar-refractivity contribution in [3.8, 4) is 0 Å². The van der Waals surface area contributed by atoms with Crippen molar-refractivity contribution in [2.75, 3.05) is 0 Å². The maximum atomic E-state index is 2.30. The highest BCUT2D eigenvalue weighted by atomic mass is 14.2. The Morgan fingerprint density at radius 3 is 1.75 bits per heavy atom. The molecule has 0 amide bonds. The zero-order chi connectivity index (χ0) is 10.3. The zero-order valence-corrected chi connectivity index (χ0v) is 8.90. The maximum Gasteiger partial charge on any atom is 0.00666 e. The first kappa shape index (κ1) is 10.9. The monoisotopic (exact) mass is 210 g/mol. The molecule has 0 N–H and O–H groups in total. The summed E-state index contributed by atoms with van der Waals surface area (Å²) in [6.45, 7) is 2.30. The molecule has 0 nitrogen and oxygen atoms in total. The van der Waals surface area contributed by atoms with E-state index in [2.05, 4.69) is 55.5 Å². The van der Waals surface area contributed by atoms with Crippen LogP contribution < -0.4 is 0 Å². The third kappa shape index (κ3) is 1.55. The second-order valence-corrected chi connectivity index (χ2v) is 4.30. The molecule has 0 bridgehead atoms. The normalized spacial score (nSPS) is 13.6. The largest absolute Gasteiger partial charge is 0.0776 e. The van der Waals surface area contributed by atoms with E-state index >= 15 is 0 Å². The Kier molecular flexibility index (Phi) is 2.82. The SMILES string of the molecule is C.CC1c2ccccc2Cc2ccccc21. The quantitative estimate of drug-likeness (QED) is 0.605. The molecule has 0 aromatic heterocycles. The third-order valence-electron chi connectivity index (χ3n) is 3.42. The number of fused-ring (bicyclic) bond motifs is 2. The first-order chi connectivity index (χ1) is 7.36. The first-order valence-electron chi connectivity index (χ1n) is 5.52. The fourth-order valence-corrected chi connectivity index (χ4v) is 2.61. The van der Waals surface area contributed by atoms with Crippen molar-refractivity contribution in [3.05, 3.63) is 70.8 Å². The molecule has 82 valence electrons. The Hall–Kier alpha value is -1.56. The summed E-state index contributed by atoms with van der Waals surface area (Å²) in [5.41, 5.74) is 5.97. The van der Waals surface area contributed by atoms with Crippen LogP contribution in [0.3, 0.4) is 0 Å². The summed E-state index contributed by atoms with van der Waals surface area (Å²) in [5, 5.41) is 0. The van der Waals surface area contributed by atoms with Crippen molar-refractivity contribution in [2.45, 2.75) is 26.7 Å². The molecule has 2 aromatic rings. The highest BCUT2D eigenvalue weighted by Gasteiger charge is 2.20. The van der Waals surface area contributed by atoms with Crippen LogP contribution in [0.25, 0.3) is 0 Å². The molecule has 0 heteroatoms.